The van der Waals surface area contributed by atoms with E-state index in [-0.39, 0.29) is 18.6 Å². The predicted octanol–water partition coefficient (Wildman–Crippen LogP) is 5.13. The van der Waals surface area contributed by atoms with Gasteiger partial charge < -0.3 is 14.4 Å². The second-order valence-corrected chi connectivity index (χ2v) is 7.57. The van der Waals surface area contributed by atoms with Gasteiger partial charge in [-0.1, -0.05) is 53.5 Å². The predicted molar refractivity (Wildman–Crippen MR) is 111 cm³/mol. The number of rotatable bonds is 4. The van der Waals surface area contributed by atoms with Gasteiger partial charge in [-0.05, 0) is 46.7 Å². The molecule has 0 radical (unpaired) electrons. The Morgan fingerprint density at radius 3 is 2.57 bits per heavy atom. The topological polar surface area (TPSA) is 38.8 Å². The molecule has 0 bridgehead atoms. The summed E-state index contributed by atoms with van der Waals surface area (Å²) >= 11 is 12.2. The number of fused-ring (bicyclic) bond motifs is 1. The Balaban J connectivity index is 1.39. The highest BCUT2D eigenvalue weighted by Gasteiger charge is 2.26. The van der Waals surface area contributed by atoms with Crippen molar-refractivity contribution in [1.29, 1.82) is 0 Å². The molecule has 0 N–H and O–H groups in total. The Kier molecular flexibility index (Phi) is 5.72. The third-order valence-electron chi connectivity index (χ3n) is 4.76. The second-order valence-electron chi connectivity index (χ2n) is 6.70. The summed E-state index contributed by atoms with van der Waals surface area (Å²) in [6.07, 6.45) is -0.255. The van der Waals surface area contributed by atoms with Crippen LogP contribution in [0.15, 0.2) is 60.7 Å². The molecule has 0 saturated carbocycles. The van der Waals surface area contributed by atoms with Gasteiger partial charge in [-0.25, -0.2) is 0 Å². The van der Waals surface area contributed by atoms with Crippen LogP contribution in [0.2, 0.25) is 10.0 Å². The number of carbonyl (C=O) groups excluding carboxylic acids is 1. The minimum absolute atomic E-state index is 0.0125. The van der Waals surface area contributed by atoms with Crippen molar-refractivity contribution >= 4 is 39.9 Å². The van der Waals surface area contributed by atoms with E-state index in [0.717, 1.165) is 16.3 Å². The van der Waals surface area contributed by atoms with Crippen LogP contribution in [-0.4, -0.2) is 37.1 Å². The van der Waals surface area contributed by atoms with Crippen molar-refractivity contribution < 1.29 is 14.3 Å². The zero-order chi connectivity index (χ0) is 19.5. The molecule has 1 heterocycles. The van der Waals surface area contributed by atoms with Crippen molar-refractivity contribution in [3.63, 3.8) is 0 Å². The van der Waals surface area contributed by atoms with Gasteiger partial charge in [0.05, 0.1) is 13.2 Å². The maximum absolute atomic E-state index is 12.6. The minimum Gasteiger partial charge on any atom is -0.484 e. The molecule has 4 rings (SSSR count). The molecule has 3 aromatic rings. The van der Waals surface area contributed by atoms with Crippen molar-refractivity contribution in [1.82, 2.24) is 4.90 Å². The second kappa shape index (κ2) is 8.39. The molecule has 1 unspecified atom stereocenters. The van der Waals surface area contributed by atoms with Crippen LogP contribution in [-0.2, 0) is 9.53 Å². The third-order valence-corrected chi connectivity index (χ3v) is 5.20. The van der Waals surface area contributed by atoms with Crippen molar-refractivity contribution in [3.8, 4) is 5.75 Å². The van der Waals surface area contributed by atoms with Gasteiger partial charge in [-0.3, -0.25) is 4.79 Å². The first-order chi connectivity index (χ1) is 13.6. The number of amides is 1. The molecule has 0 spiro atoms. The summed E-state index contributed by atoms with van der Waals surface area (Å²) < 4.78 is 11.5. The lowest BCUT2D eigenvalue weighted by Crippen LogP contribution is -2.44. The monoisotopic (exact) mass is 415 g/mol. The lowest BCUT2D eigenvalue weighted by atomic mass is 10.1. The van der Waals surface area contributed by atoms with E-state index in [2.05, 4.69) is 0 Å². The molecule has 6 heteroatoms. The number of ether oxygens (including phenoxy) is 2. The molecule has 1 aliphatic heterocycles. The molecular formula is C22H19Cl2NO3. The highest BCUT2D eigenvalue weighted by Crippen LogP contribution is 2.28. The van der Waals surface area contributed by atoms with E-state index < -0.39 is 0 Å². The van der Waals surface area contributed by atoms with Crippen LogP contribution >= 0.6 is 23.2 Å². The van der Waals surface area contributed by atoms with Gasteiger partial charge in [0.15, 0.2) is 6.61 Å². The molecule has 144 valence electrons. The summed E-state index contributed by atoms with van der Waals surface area (Å²) in [4.78, 5) is 14.4. The first-order valence-electron chi connectivity index (χ1n) is 9.05. The molecular weight excluding hydrogens is 397 g/mol. The highest BCUT2D eigenvalue weighted by molar-refractivity contribution is 6.34. The van der Waals surface area contributed by atoms with Gasteiger partial charge in [-0.15, -0.1) is 0 Å². The van der Waals surface area contributed by atoms with Crippen LogP contribution in [0, 0.1) is 0 Å². The third kappa shape index (κ3) is 4.41. The molecule has 3 aromatic carbocycles. The van der Waals surface area contributed by atoms with Gasteiger partial charge in [0, 0.05) is 16.6 Å². The highest BCUT2D eigenvalue weighted by atomic mass is 35.5. The zero-order valence-electron chi connectivity index (χ0n) is 15.1. The van der Waals surface area contributed by atoms with E-state index >= 15 is 0 Å². The molecule has 1 amide bonds. The SMILES string of the molecule is O=C(COc1ccc2ccccc2c1)N1CCOC(c2cc(Cl)cc(Cl)c2)C1. The average molecular weight is 416 g/mol. The lowest BCUT2D eigenvalue weighted by molar-refractivity contribution is -0.141. The van der Waals surface area contributed by atoms with Crippen LogP contribution in [0.1, 0.15) is 11.7 Å². The summed E-state index contributed by atoms with van der Waals surface area (Å²) in [5, 5.41) is 3.32. The lowest BCUT2D eigenvalue weighted by Gasteiger charge is -2.33. The average Bonchev–Trinajstić information content (AvgIpc) is 2.71. The van der Waals surface area contributed by atoms with Gasteiger partial charge in [-0.2, -0.15) is 0 Å². The Morgan fingerprint density at radius 1 is 1.04 bits per heavy atom. The Hall–Kier alpha value is -2.27. The summed E-state index contributed by atoms with van der Waals surface area (Å²) in [5.74, 6) is 0.605. The smallest absolute Gasteiger partial charge is 0.260 e. The van der Waals surface area contributed by atoms with Crippen molar-refractivity contribution in [2.45, 2.75) is 6.10 Å². The van der Waals surface area contributed by atoms with Crippen LogP contribution < -0.4 is 4.74 Å². The van der Waals surface area contributed by atoms with E-state index in [1.165, 1.54) is 0 Å². The van der Waals surface area contributed by atoms with Gasteiger partial charge in [0.1, 0.15) is 11.9 Å². The van der Waals surface area contributed by atoms with Crippen LogP contribution in [0.25, 0.3) is 10.8 Å². The number of halogens is 2. The van der Waals surface area contributed by atoms with Crippen LogP contribution in [0.3, 0.4) is 0 Å². The maximum atomic E-state index is 12.6. The first-order valence-corrected chi connectivity index (χ1v) is 9.81. The Morgan fingerprint density at radius 2 is 1.79 bits per heavy atom. The van der Waals surface area contributed by atoms with E-state index in [4.69, 9.17) is 32.7 Å². The van der Waals surface area contributed by atoms with Crippen LogP contribution in [0.4, 0.5) is 0 Å². The molecule has 0 aromatic heterocycles. The minimum atomic E-state index is -0.255. The Labute approximate surface area is 173 Å². The number of hydrogen-bond donors (Lipinski definition) is 0. The molecule has 1 saturated heterocycles. The maximum Gasteiger partial charge on any atom is 0.260 e. The normalized spacial score (nSPS) is 16.9. The number of nitrogens with zero attached hydrogens (tertiary/aromatic N) is 1. The quantitative estimate of drug-likeness (QED) is 0.592. The molecule has 4 nitrogen and oxygen atoms in total. The van der Waals surface area contributed by atoms with E-state index in [9.17, 15) is 4.79 Å². The first kappa shape index (κ1) is 19.1. The summed E-state index contributed by atoms with van der Waals surface area (Å²) in [6.45, 7) is 1.42. The van der Waals surface area contributed by atoms with E-state index in [1.54, 1.807) is 11.0 Å². The summed E-state index contributed by atoms with van der Waals surface area (Å²) in [5.41, 5.74) is 0.866. The standard InChI is InChI=1S/C22H19Cl2NO3/c23-18-9-17(10-19(24)12-18)21-13-25(7-8-27-21)22(26)14-28-20-6-5-15-3-1-2-4-16(15)11-20/h1-6,9-12,21H,7-8,13-14H2. The fourth-order valence-electron chi connectivity index (χ4n) is 3.33. The fourth-order valence-corrected chi connectivity index (χ4v) is 3.87. The van der Waals surface area contributed by atoms with E-state index in [0.29, 0.717) is 35.5 Å². The molecule has 1 fully saturated rings. The number of morpholine rings is 1. The van der Waals surface area contributed by atoms with Crippen molar-refractivity contribution in [2.75, 3.05) is 26.3 Å². The Bertz CT molecular complexity index is 988. The van der Waals surface area contributed by atoms with Gasteiger partial charge in [0.2, 0.25) is 0 Å². The van der Waals surface area contributed by atoms with Gasteiger partial charge in [0.25, 0.3) is 5.91 Å². The van der Waals surface area contributed by atoms with E-state index in [1.807, 2.05) is 54.6 Å². The van der Waals surface area contributed by atoms with Crippen molar-refractivity contribution in [3.05, 3.63) is 76.3 Å². The molecule has 1 atom stereocenters. The summed E-state index contributed by atoms with van der Waals surface area (Å²) in [7, 11) is 0. The molecule has 1 aliphatic rings. The van der Waals surface area contributed by atoms with Crippen LogP contribution in [0.5, 0.6) is 5.75 Å². The number of benzene rings is 3. The number of carbonyl (C=O) groups is 1. The summed E-state index contributed by atoms with van der Waals surface area (Å²) in [6, 6.07) is 19.2. The largest absolute Gasteiger partial charge is 0.484 e. The van der Waals surface area contributed by atoms with Crippen molar-refractivity contribution in [2.24, 2.45) is 0 Å². The van der Waals surface area contributed by atoms with Gasteiger partial charge >= 0.3 is 0 Å². The molecule has 0 aliphatic carbocycles. The number of hydrogen-bond acceptors (Lipinski definition) is 3. The fraction of sp³-hybridized carbons (Fsp3) is 0.227. The zero-order valence-corrected chi connectivity index (χ0v) is 16.6. The molecule has 28 heavy (non-hydrogen) atoms.